The first-order chi connectivity index (χ1) is 12.1. The van der Waals surface area contributed by atoms with Crippen LogP contribution in [0.1, 0.15) is 11.1 Å². The quantitative estimate of drug-likeness (QED) is 0.464. The number of hydrogen-bond acceptors (Lipinski definition) is 4. The van der Waals surface area contributed by atoms with E-state index >= 15 is 0 Å². The van der Waals surface area contributed by atoms with Crippen LogP contribution >= 0.6 is 23.6 Å². The van der Waals surface area contributed by atoms with Crippen LogP contribution in [-0.4, -0.2) is 15.1 Å². The second-order valence-electron chi connectivity index (χ2n) is 5.73. The standard InChI is InChI=1S/C19H14N2O2S2/c22-16-6-5-11-3-1-2-4-13(11)14(16)9-15-17(12-7-8-25-10-12)20-19(24)21-18(15)23/h1-8,10,22H,9H2,(H2,20,21,23,24). The minimum atomic E-state index is -0.239. The first-order valence-corrected chi connectivity index (χ1v) is 9.06. The van der Waals surface area contributed by atoms with Gasteiger partial charge in [0, 0.05) is 28.5 Å². The molecule has 0 fully saturated rings. The van der Waals surface area contributed by atoms with Gasteiger partial charge in [0.25, 0.3) is 5.56 Å². The number of aromatic nitrogens is 2. The van der Waals surface area contributed by atoms with E-state index in [-0.39, 0.29) is 16.1 Å². The summed E-state index contributed by atoms with van der Waals surface area (Å²) in [5.74, 6) is 0.178. The Morgan fingerprint density at radius 1 is 1.04 bits per heavy atom. The number of phenolic OH excluding ortho intramolecular Hbond substituents is 1. The van der Waals surface area contributed by atoms with Crippen molar-refractivity contribution >= 4 is 34.3 Å². The van der Waals surface area contributed by atoms with Gasteiger partial charge in [0.05, 0.1) is 5.69 Å². The number of nitrogens with one attached hydrogen (secondary N) is 2. The summed E-state index contributed by atoms with van der Waals surface area (Å²) in [4.78, 5) is 18.3. The van der Waals surface area contributed by atoms with Crippen molar-refractivity contribution in [3.8, 4) is 17.0 Å². The molecule has 6 heteroatoms. The Labute approximate surface area is 152 Å². The summed E-state index contributed by atoms with van der Waals surface area (Å²) >= 11 is 6.68. The van der Waals surface area contributed by atoms with Crippen LogP contribution in [0.25, 0.3) is 22.0 Å². The van der Waals surface area contributed by atoms with E-state index < -0.39 is 0 Å². The van der Waals surface area contributed by atoms with Gasteiger partial charge in [0.1, 0.15) is 5.75 Å². The molecule has 2 heterocycles. The van der Waals surface area contributed by atoms with E-state index in [0.29, 0.717) is 17.7 Å². The lowest BCUT2D eigenvalue weighted by molar-refractivity contribution is 0.470. The van der Waals surface area contributed by atoms with Gasteiger partial charge in [0.2, 0.25) is 0 Å². The first-order valence-electron chi connectivity index (χ1n) is 7.71. The number of hydrogen-bond donors (Lipinski definition) is 3. The van der Waals surface area contributed by atoms with Crippen molar-refractivity contribution in [1.29, 1.82) is 0 Å². The summed E-state index contributed by atoms with van der Waals surface area (Å²) in [6.07, 6.45) is 0.305. The minimum Gasteiger partial charge on any atom is -0.508 e. The lowest BCUT2D eigenvalue weighted by Crippen LogP contribution is -2.16. The Morgan fingerprint density at radius 3 is 2.68 bits per heavy atom. The van der Waals surface area contributed by atoms with Crippen molar-refractivity contribution in [3.63, 3.8) is 0 Å². The Hall–Kier alpha value is -2.70. The summed E-state index contributed by atoms with van der Waals surface area (Å²) in [5.41, 5.74) is 2.65. The van der Waals surface area contributed by atoms with Gasteiger partial charge in [-0.25, -0.2) is 0 Å². The zero-order valence-corrected chi connectivity index (χ0v) is 14.7. The van der Waals surface area contributed by atoms with E-state index in [9.17, 15) is 9.90 Å². The summed E-state index contributed by atoms with van der Waals surface area (Å²) in [6, 6.07) is 13.3. The number of fused-ring (bicyclic) bond motifs is 1. The maximum atomic E-state index is 12.6. The molecule has 0 spiro atoms. The number of rotatable bonds is 3. The maximum Gasteiger partial charge on any atom is 0.255 e. The average molecular weight is 366 g/mol. The van der Waals surface area contributed by atoms with E-state index in [4.69, 9.17) is 12.2 Å². The fourth-order valence-electron chi connectivity index (χ4n) is 3.02. The lowest BCUT2D eigenvalue weighted by atomic mass is 9.96. The van der Waals surface area contributed by atoms with Gasteiger partial charge in [-0.1, -0.05) is 30.3 Å². The predicted octanol–water partition coefficient (Wildman–Crippen LogP) is 4.61. The molecule has 0 radical (unpaired) electrons. The Balaban J connectivity index is 1.95. The van der Waals surface area contributed by atoms with Crippen LogP contribution < -0.4 is 5.56 Å². The molecule has 0 aliphatic rings. The molecule has 4 aromatic rings. The van der Waals surface area contributed by atoms with Gasteiger partial charge in [-0.3, -0.25) is 9.78 Å². The molecule has 25 heavy (non-hydrogen) atoms. The minimum absolute atomic E-state index is 0.178. The number of aromatic hydroxyl groups is 1. The normalized spacial score (nSPS) is 11.0. The van der Waals surface area contributed by atoms with Gasteiger partial charge in [0.15, 0.2) is 4.77 Å². The monoisotopic (exact) mass is 366 g/mol. The summed E-state index contributed by atoms with van der Waals surface area (Å²) in [5, 5.41) is 16.3. The molecular formula is C19H14N2O2S2. The number of aromatic amines is 2. The summed E-state index contributed by atoms with van der Waals surface area (Å²) in [6.45, 7) is 0. The van der Waals surface area contributed by atoms with Crippen LogP contribution in [-0.2, 0) is 6.42 Å². The second kappa shape index (κ2) is 6.31. The van der Waals surface area contributed by atoms with Crippen LogP contribution in [0.5, 0.6) is 5.75 Å². The molecule has 0 saturated heterocycles. The van der Waals surface area contributed by atoms with Crippen molar-refractivity contribution in [3.05, 3.63) is 79.5 Å². The van der Waals surface area contributed by atoms with Crippen LogP contribution in [0.15, 0.2) is 58.0 Å². The number of thiophene rings is 1. The highest BCUT2D eigenvalue weighted by molar-refractivity contribution is 7.71. The van der Waals surface area contributed by atoms with Crippen molar-refractivity contribution in [1.82, 2.24) is 9.97 Å². The molecule has 0 saturated carbocycles. The highest BCUT2D eigenvalue weighted by Crippen LogP contribution is 2.31. The van der Waals surface area contributed by atoms with Crippen LogP contribution in [0, 0.1) is 4.77 Å². The summed E-state index contributed by atoms with van der Waals surface area (Å²) < 4.78 is 0.289. The Bertz CT molecular complexity index is 1170. The highest BCUT2D eigenvalue weighted by Gasteiger charge is 2.15. The van der Waals surface area contributed by atoms with E-state index in [2.05, 4.69) is 9.97 Å². The number of benzene rings is 2. The van der Waals surface area contributed by atoms with Crippen molar-refractivity contribution in [2.45, 2.75) is 6.42 Å². The first kappa shape index (κ1) is 15.8. The van der Waals surface area contributed by atoms with E-state index in [1.165, 1.54) is 0 Å². The molecule has 2 aromatic carbocycles. The second-order valence-corrected chi connectivity index (χ2v) is 6.92. The molecule has 124 valence electrons. The molecule has 0 atom stereocenters. The molecular weight excluding hydrogens is 352 g/mol. The van der Waals surface area contributed by atoms with Crippen molar-refractivity contribution in [2.75, 3.05) is 0 Å². The molecule has 4 rings (SSSR count). The smallest absolute Gasteiger partial charge is 0.255 e. The molecule has 3 N–H and O–H groups in total. The fraction of sp³-hybridized carbons (Fsp3) is 0.0526. The van der Waals surface area contributed by atoms with Gasteiger partial charge < -0.3 is 10.1 Å². The maximum absolute atomic E-state index is 12.6. The largest absolute Gasteiger partial charge is 0.508 e. The average Bonchev–Trinajstić information content (AvgIpc) is 3.13. The molecule has 0 aliphatic carbocycles. The molecule has 4 nitrogen and oxygen atoms in total. The Morgan fingerprint density at radius 2 is 1.88 bits per heavy atom. The zero-order chi connectivity index (χ0) is 17.4. The van der Waals surface area contributed by atoms with E-state index in [1.54, 1.807) is 17.4 Å². The topological polar surface area (TPSA) is 68.9 Å². The fourth-order valence-corrected chi connectivity index (χ4v) is 3.86. The van der Waals surface area contributed by atoms with Crippen LogP contribution in [0.2, 0.25) is 0 Å². The van der Waals surface area contributed by atoms with Crippen LogP contribution in [0.4, 0.5) is 0 Å². The molecule has 0 unspecified atom stereocenters. The third-order valence-corrected chi connectivity index (χ3v) is 5.11. The highest BCUT2D eigenvalue weighted by atomic mass is 32.1. The van der Waals surface area contributed by atoms with Gasteiger partial charge in [-0.2, -0.15) is 11.3 Å². The third kappa shape index (κ3) is 2.90. The van der Waals surface area contributed by atoms with Crippen LogP contribution in [0.3, 0.4) is 0 Å². The van der Waals surface area contributed by atoms with E-state index in [1.807, 2.05) is 47.2 Å². The number of H-pyrrole nitrogens is 2. The molecule has 0 bridgehead atoms. The third-order valence-electron chi connectivity index (χ3n) is 4.22. The number of phenols is 1. The van der Waals surface area contributed by atoms with Gasteiger partial charge in [-0.05, 0) is 40.5 Å². The van der Waals surface area contributed by atoms with E-state index in [0.717, 1.165) is 21.9 Å². The molecule has 0 aliphatic heterocycles. The predicted molar refractivity (Wildman–Crippen MR) is 104 cm³/mol. The molecule has 2 aromatic heterocycles. The van der Waals surface area contributed by atoms with Gasteiger partial charge in [-0.15, -0.1) is 0 Å². The molecule has 0 amide bonds. The Kier molecular flexibility index (Phi) is 3.99. The summed E-state index contributed by atoms with van der Waals surface area (Å²) in [7, 11) is 0. The van der Waals surface area contributed by atoms with Crippen molar-refractivity contribution in [2.24, 2.45) is 0 Å². The van der Waals surface area contributed by atoms with Crippen molar-refractivity contribution < 1.29 is 5.11 Å². The lowest BCUT2D eigenvalue weighted by Gasteiger charge is -2.12. The van der Waals surface area contributed by atoms with Gasteiger partial charge >= 0.3 is 0 Å². The SMILES string of the molecule is O=c1[nH]c(=S)[nH]c(-c2ccsc2)c1Cc1c(O)ccc2ccccc12. The zero-order valence-electron chi connectivity index (χ0n) is 13.1.